The van der Waals surface area contributed by atoms with E-state index in [9.17, 15) is 28.8 Å². The first-order valence-electron chi connectivity index (χ1n) is 8.97. The van der Waals surface area contributed by atoms with Crippen LogP contribution < -0.4 is 21.7 Å². The highest BCUT2D eigenvalue weighted by Gasteiger charge is 2.30. The molecule has 0 aromatic carbocycles. The third-order valence-corrected chi connectivity index (χ3v) is 4.28. The van der Waals surface area contributed by atoms with Crippen molar-refractivity contribution in [2.24, 2.45) is 5.73 Å². The van der Waals surface area contributed by atoms with E-state index in [2.05, 4.69) is 23.3 Å². The van der Waals surface area contributed by atoms with E-state index in [1.54, 1.807) is 0 Å². The molecule has 14 nitrogen and oxygen atoms in total. The highest BCUT2D eigenvalue weighted by atomic mass is 32.1. The number of aliphatic hydroxyl groups is 1. The van der Waals surface area contributed by atoms with Crippen LogP contribution in [0.3, 0.4) is 0 Å². The number of carboxylic acid groups (broad SMARTS) is 3. The second-order valence-electron chi connectivity index (χ2n) is 6.36. The summed E-state index contributed by atoms with van der Waals surface area (Å²) in [6.45, 7) is -0.959. The molecule has 0 aromatic heterocycles. The second kappa shape index (κ2) is 14.2. The number of thiol groups is 1. The minimum absolute atomic E-state index is 0.0690. The van der Waals surface area contributed by atoms with E-state index in [4.69, 9.17) is 26.2 Å². The van der Waals surface area contributed by atoms with E-state index in [1.165, 1.54) is 0 Å². The molecule has 0 aromatic rings. The molecule has 0 aliphatic carbocycles. The number of carbonyl (C=O) groups is 6. The maximum absolute atomic E-state index is 12.6. The lowest BCUT2D eigenvalue weighted by Gasteiger charge is -2.24. The molecule has 176 valence electrons. The highest BCUT2D eigenvalue weighted by Crippen LogP contribution is 2.04. The van der Waals surface area contributed by atoms with Crippen LogP contribution in [-0.2, 0) is 28.8 Å². The molecular formula is C16H26N4O10S. The van der Waals surface area contributed by atoms with Gasteiger partial charge in [0.15, 0.2) is 0 Å². The number of nitrogens with one attached hydrogen (secondary N) is 3. The quantitative estimate of drug-likeness (QED) is 0.107. The molecular weight excluding hydrogens is 440 g/mol. The first-order chi connectivity index (χ1) is 14.4. The molecule has 31 heavy (non-hydrogen) atoms. The molecule has 3 amide bonds. The van der Waals surface area contributed by atoms with Crippen LogP contribution >= 0.6 is 12.6 Å². The van der Waals surface area contributed by atoms with E-state index < -0.39 is 85.7 Å². The minimum Gasteiger partial charge on any atom is -0.481 e. The van der Waals surface area contributed by atoms with Crippen molar-refractivity contribution in [2.45, 2.75) is 49.9 Å². The molecule has 0 rings (SSSR count). The summed E-state index contributed by atoms with van der Waals surface area (Å²) in [7, 11) is 0. The van der Waals surface area contributed by atoms with E-state index in [1.807, 2.05) is 5.32 Å². The van der Waals surface area contributed by atoms with Crippen LogP contribution in [0.2, 0.25) is 0 Å². The van der Waals surface area contributed by atoms with Gasteiger partial charge >= 0.3 is 17.9 Å². The van der Waals surface area contributed by atoms with Crippen molar-refractivity contribution < 1.29 is 49.2 Å². The minimum atomic E-state index is -1.70. The van der Waals surface area contributed by atoms with Crippen LogP contribution in [0.15, 0.2) is 0 Å². The molecule has 0 fully saturated rings. The smallest absolute Gasteiger partial charge is 0.328 e. The van der Waals surface area contributed by atoms with Gasteiger partial charge in [0.05, 0.1) is 12.6 Å². The summed E-state index contributed by atoms with van der Waals surface area (Å²) in [5.74, 6) is -7.11. The zero-order chi connectivity index (χ0) is 24.1. The average Bonchev–Trinajstić information content (AvgIpc) is 2.70. The highest BCUT2D eigenvalue weighted by molar-refractivity contribution is 7.80. The van der Waals surface area contributed by atoms with Crippen molar-refractivity contribution in [3.63, 3.8) is 0 Å². The van der Waals surface area contributed by atoms with E-state index in [0.717, 1.165) is 0 Å². The van der Waals surface area contributed by atoms with E-state index >= 15 is 0 Å². The predicted molar refractivity (Wildman–Crippen MR) is 106 cm³/mol. The van der Waals surface area contributed by atoms with Gasteiger partial charge in [-0.25, -0.2) is 4.79 Å². The summed E-state index contributed by atoms with van der Waals surface area (Å²) in [5.41, 5.74) is 5.50. The Hall–Kier alpha value is -2.91. The number of nitrogens with two attached hydrogens (primary N) is 1. The molecule has 0 bridgehead atoms. The van der Waals surface area contributed by atoms with Gasteiger partial charge in [-0.3, -0.25) is 24.0 Å². The van der Waals surface area contributed by atoms with Gasteiger partial charge in [0.1, 0.15) is 18.1 Å². The van der Waals surface area contributed by atoms with E-state index in [0.29, 0.717) is 0 Å². The number of aliphatic hydroxyl groups excluding tert-OH is 1. The normalized spacial score (nSPS) is 14.4. The van der Waals surface area contributed by atoms with Crippen molar-refractivity contribution in [1.82, 2.24) is 16.0 Å². The van der Waals surface area contributed by atoms with Crippen molar-refractivity contribution >= 4 is 48.3 Å². The Morgan fingerprint density at radius 2 is 1.13 bits per heavy atom. The average molecular weight is 466 g/mol. The fourth-order valence-electron chi connectivity index (χ4n) is 2.17. The summed E-state index contributed by atoms with van der Waals surface area (Å²) >= 11 is 3.84. The standard InChI is InChI=1S/C16H26N4O10S/c17-7(6-31)13(26)18-8(1-3-11(22)23)14(27)19-9(2-4-12(24)25)15(28)20-10(5-21)16(29)30/h7-10,21,31H,1-6,17H2,(H,18,26)(H,19,27)(H,20,28)(H,22,23)(H,24,25)(H,29,30). The van der Waals surface area contributed by atoms with Gasteiger partial charge < -0.3 is 42.1 Å². The van der Waals surface area contributed by atoms with Gasteiger partial charge in [-0.2, -0.15) is 12.6 Å². The number of hydrogen-bond donors (Lipinski definition) is 9. The summed E-state index contributed by atoms with van der Waals surface area (Å²) in [6.07, 6.45) is -1.91. The SMILES string of the molecule is NC(CS)C(=O)NC(CCC(=O)O)C(=O)NC(CCC(=O)O)C(=O)NC(CO)C(=O)O. The Morgan fingerprint density at radius 1 is 0.742 bits per heavy atom. The lowest BCUT2D eigenvalue weighted by atomic mass is 10.1. The lowest BCUT2D eigenvalue weighted by Crippen LogP contribution is -2.57. The van der Waals surface area contributed by atoms with Crippen LogP contribution in [-0.4, -0.2) is 92.6 Å². The molecule has 15 heteroatoms. The van der Waals surface area contributed by atoms with Crippen molar-refractivity contribution in [2.75, 3.05) is 12.4 Å². The van der Waals surface area contributed by atoms with Crippen molar-refractivity contribution in [1.29, 1.82) is 0 Å². The summed E-state index contributed by atoms with van der Waals surface area (Å²) in [4.78, 5) is 69.5. The van der Waals surface area contributed by atoms with Crippen LogP contribution in [0.25, 0.3) is 0 Å². The summed E-state index contributed by atoms with van der Waals surface area (Å²) in [6, 6.07) is -5.77. The monoisotopic (exact) mass is 466 g/mol. The van der Waals surface area contributed by atoms with Gasteiger partial charge in [-0.1, -0.05) is 0 Å². The number of amides is 3. The Balaban J connectivity index is 5.48. The summed E-state index contributed by atoms with van der Waals surface area (Å²) < 4.78 is 0. The molecule has 9 N–H and O–H groups in total. The predicted octanol–water partition coefficient (Wildman–Crippen LogP) is -3.50. The van der Waals surface area contributed by atoms with Gasteiger partial charge in [-0.05, 0) is 12.8 Å². The molecule has 0 heterocycles. The zero-order valence-corrected chi connectivity index (χ0v) is 17.2. The molecule has 4 atom stereocenters. The largest absolute Gasteiger partial charge is 0.481 e. The Bertz CT molecular complexity index is 689. The zero-order valence-electron chi connectivity index (χ0n) is 16.3. The Morgan fingerprint density at radius 3 is 1.45 bits per heavy atom. The molecule has 0 aliphatic heterocycles. The van der Waals surface area contributed by atoms with Crippen molar-refractivity contribution in [3.8, 4) is 0 Å². The van der Waals surface area contributed by atoms with E-state index in [-0.39, 0.29) is 12.2 Å². The molecule has 4 unspecified atom stereocenters. The topological polar surface area (TPSA) is 245 Å². The number of carboxylic acids is 3. The van der Waals surface area contributed by atoms with Crippen molar-refractivity contribution in [3.05, 3.63) is 0 Å². The number of hydrogen-bond acceptors (Lipinski definition) is 9. The number of carbonyl (C=O) groups excluding carboxylic acids is 3. The number of rotatable bonds is 15. The third kappa shape index (κ3) is 11.2. The van der Waals surface area contributed by atoms with Gasteiger partial charge in [0.2, 0.25) is 17.7 Å². The Kier molecular flexibility index (Phi) is 12.8. The lowest BCUT2D eigenvalue weighted by molar-refractivity contribution is -0.144. The molecule has 0 aliphatic rings. The van der Waals surface area contributed by atoms with Crippen LogP contribution in [0.5, 0.6) is 0 Å². The molecule has 0 saturated carbocycles. The van der Waals surface area contributed by atoms with Crippen LogP contribution in [0.4, 0.5) is 0 Å². The summed E-state index contributed by atoms with van der Waals surface area (Å²) in [5, 5.41) is 41.9. The van der Waals surface area contributed by atoms with Gasteiger partial charge in [-0.15, -0.1) is 0 Å². The molecule has 0 saturated heterocycles. The second-order valence-corrected chi connectivity index (χ2v) is 6.72. The Labute approximate surface area is 182 Å². The molecule has 0 radical (unpaired) electrons. The fraction of sp³-hybridized carbons (Fsp3) is 0.625. The fourth-order valence-corrected chi connectivity index (χ4v) is 2.33. The first kappa shape index (κ1) is 28.1. The van der Waals surface area contributed by atoms with Crippen LogP contribution in [0, 0.1) is 0 Å². The van der Waals surface area contributed by atoms with Crippen LogP contribution in [0.1, 0.15) is 25.7 Å². The maximum Gasteiger partial charge on any atom is 0.328 e. The number of aliphatic carboxylic acids is 3. The first-order valence-corrected chi connectivity index (χ1v) is 9.60. The van der Waals surface area contributed by atoms with Gasteiger partial charge in [0, 0.05) is 18.6 Å². The molecule has 0 spiro atoms. The maximum atomic E-state index is 12.6. The van der Waals surface area contributed by atoms with Gasteiger partial charge in [0.25, 0.3) is 0 Å². The third-order valence-electron chi connectivity index (χ3n) is 3.89.